The minimum absolute atomic E-state index is 0. The Bertz CT molecular complexity index is 1130. The van der Waals surface area contributed by atoms with Crippen molar-refractivity contribution < 1.29 is 48.4 Å². The van der Waals surface area contributed by atoms with Crippen LogP contribution in [0, 0.1) is 10.2 Å². The van der Waals surface area contributed by atoms with Gasteiger partial charge in [0.2, 0.25) is 0 Å². The first kappa shape index (κ1) is 38.2. The monoisotopic (exact) mass is 736 g/mol. The number of halogens is 1. The summed E-state index contributed by atoms with van der Waals surface area (Å²) < 4.78 is 34.0. The third-order valence-corrected chi connectivity index (χ3v) is 11.8. The van der Waals surface area contributed by atoms with Crippen molar-refractivity contribution in [3.8, 4) is 0 Å². The van der Waals surface area contributed by atoms with E-state index in [2.05, 4.69) is 146 Å². The Morgan fingerprint density at radius 1 is 0.409 bits per heavy atom. The second kappa shape index (κ2) is 22.5. The van der Waals surface area contributed by atoms with Crippen molar-refractivity contribution in [2.24, 2.45) is 0 Å². The molecule has 0 spiro atoms. The average Bonchev–Trinajstić information content (AvgIpc) is 3.00. The van der Waals surface area contributed by atoms with Gasteiger partial charge in [0, 0.05) is 19.5 Å². The van der Waals surface area contributed by atoms with Crippen molar-refractivity contribution >= 4 is 37.1 Å². The fourth-order valence-corrected chi connectivity index (χ4v) is 9.48. The van der Waals surface area contributed by atoms with E-state index in [4.69, 9.17) is 18.6 Å². The Kier molecular flexibility index (Phi) is 19.5. The SMILES string of the molecule is C1=C\CC/C=C\CC/1.[O-][Cl+3]([O-])([O-])[O-].[Rh].c1ccc(P(CCCCP(c2ccccc2)c2ccccc2)c2ccccc2)cc1. The molecule has 5 rings (SSSR count). The van der Waals surface area contributed by atoms with E-state index in [1.54, 1.807) is 0 Å². The quantitative estimate of drug-likeness (QED) is 0.113. The number of allylic oxidation sites excluding steroid dienone is 4. The Morgan fingerprint density at radius 2 is 0.614 bits per heavy atom. The Balaban J connectivity index is 0.000000402. The molecule has 0 fully saturated rings. The first-order valence-electron chi connectivity index (χ1n) is 14.6. The number of hydrogen-bond acceptors (Lipinski definition) is 4. The second-order valence-electron chi connectivity index (χ2n) is 9.83. The molecular weight excluding hydrogens is 697 g/mol. The summed E-state index contributed by atoms with van der Waals surface area (Å²) in [5, 5.41) is 5.97. The Hall–Kier alpha value is -2.03. The molecular formula is C36H40ClO4P2Rh-. The van der Waals surface area contributed by atoms with Crippen LogP contribution in [0.25, 0.3) is 0 Å². The summed E-state index contributed by atoms with van der Waals surface area (Å²) in [5.41, 5.74) is 0. The molecule has 1 aliphatic carbocycles. The van der Waals surface area contributed by atoms with Gasteiger partial charge in [-0.3, -0.25) is 0 Å². The molecule has 44 heavy (non-hydrogen) atoms. The molecule has 1 radical (unpaired) electrons. The molecule has 0 aliphatic heterocycles. The summed E-state index contributed by atoms with van der Waals surface area (Å²) in [4.78, 5) is 0. The van der Waals surface area contributed by atoms with Gasteiger partial charge in [0.1, 0.15) is 0 Å². The molecule has 0 N–H and O–H groups in total. The molecule has 0 aromatic heterocycles. The summed E-state index contributed by atoms with van der Waals surface area (Å²) in [6.07, 6.45) is 19.1. The zero-order valence-electron chi connectivity index (χ0n) is 24.8. The van der Waals surface area contributed by atoms with E-state index in [1.165, 1.54) is 72.1 Å². The summed E-state index contributed by atoms with van der Waals surface area (Å²) in [7, 11) is -5.51. The average molecular weight is 737 g/mol. The predicted molar refractivity (Wildman–Crippen MR) is 174 cm³/mol. The Labute approximate surface area is 280 Å². The molecule has 0 amide bonds. The van der Waals surface area contributed by atoms with Gasteiger partial charge in [0.05, 0.1) is 0 Å². The van der Waals surface area contributed by atoms with Crippen LogP contribution in [0.3, 0.4) is 0 Å². The van der Waals surface area contributed by atoms with E-state index in [1.807, 2.05) is 0 Å². The van der Waals surface area contributed by atoms with E-state index in [-0.39, 0.29) is 35.3 Å². The summed E-state index contributed by atoms with van der Waals surface area (Å²) in [6, 6.07) is 44.3. The molecule has 0 saturated heterocycles. The summed E-state index contributed by atoms with van der Waals surface area (Å²) >= 11 is 0. The summed E-state index contributed by atoms with van der Waals surface area (Å²) in [5.74, 6) is 0. The van der Waals surface area contributed by atoms with Gasteiger partial charge in [-0.2, -0.15) is 0 Å². The van der Waals surface area contributed by atoms with Gasteiger partial charge >= 0.3 is 0 Å². The minimum atomic E-state index is -4.94. The molecule has 4 aromatic rings. The van der Waals surface area contributed by atoms with Crippen molar-refractivity contribution in [2.75, 3.05) is 12.3 Å². The van der Waals surface area contributed by atoms with Crippen LogP contribution in [-0.4, -0.2) is 12.3 Å². The van der Waals surface area contributed by atoms with E-state index < -0.39 is 10.2 Å². The van der Waals surface area contributed by atoms with Crippen molar-refractivity contribution in [2.45, 2.75) is 38.5 Å². The van der Waals surface area contributed by atoms with E-state index in [0.29, 0.717) is 0 Å². The molecule has 4 nitrogen and oxygen atoms in total. The number of rotatable bonds is 9. The minimum Gasteiger partial charge on any atom is -0.222 e. The molecule has 0 atom stereocenters. The van der Waals surface area contributed by atoms with Gasteiger partial charge < -0.3 is 0 Å². The van der Waals surface area contributed by atoms with Crippen LogP contribution in [0.15, 0.2) is 146 Å². The molecule has 235 valence electrons. The van der Waals surface area contributed by atoms with Crippen LogP contribution >= 0.6 is 15.8 Å². The fraction of sp³-hybridized carbons (Fsp3) is 0.222. The second-order valence-corrected chi connectivity index (χ2v) is 15.3. The third-order valence-electron chi connectivity index (χ3n) is 6.62. The fourth-order valence-electron chi connectivity index (χ4n) is 4.64. The maximum absolute atomic E-state index is 8.49. The summed E-state index contributed by atoms with van der Waals surface area (Å²) in [6.45, 7) is 0. The topological polar surface area (TPSA) is 92.2 Å². The van der Waals surface area contributed by atoms with Gasteiger partial charge in [0.25, 0.3) is 0 Å². The standard InChI is InChI=1S/C28H28P2.C8H12.ClHO4.Rh/c1-5-15-25(16-6-1)29(26-17-7-2-8-18-26)23-13-14-24-30(27-19-9-3-10-20-27)28-21-11-4-12-22-28;1-2-4-6-8-7-5-3-1;2-1(3,4)5;/h1-12,15-22H,13-14,23-24H2;1-2,7-8H,3-6H2;(H,2,3,4,5);/p-1/b;2-1-,8-7-;;. The third kappa shape index (κ3) is 16.3. The van der Waals surface area contributed by atoms with Crippen LogP contribution in [0.2, 0.25) is 0 Å². The van der Waals surface area contributed by atoms with Gasteiger partial charge in [-0.1, -0.05) is 146 Å². The van der Waals surface area contributed by atoms with Crippen LogP contribution in [0.1, 0.15) is 38.5 Å². The van der Waals surface area contributed by atoms with Crippen molar-refractivity contribution in [3.05, 3.63) is 146 Å². The van der Waals surface area contributed by atoms with Crippen LogP contribution in [-0.2, 0) is 19.5 Å². The van der Waals surface area contributed by atoms with E-state index in [9.17, 15) is 0 Å². The zero-order valence-corrected chi connectivity index (χ0v) is 28.9. The largest absolute Gasteiger partial charge is 0.222 e. The molecule has 4 aromatic carbocycles. The smallest absolute Gasteiger partial charge is 0 e. The van der Waals surface area contributed by atoms with Crippen molar-refractivity contribution in [3.63, 3.8) is 0 Å². The van der Waals surface area contributed by atoms with Crippen LogP contribution in [0.4, 0.5) is 0 Å². The number of benzene rings is 4. The first-order valence-corrected chi connectivity index (χ1v) is 18.9. The van der Waals surface area contributed by atoms with Crippen molar-refractivity contribution in [1.82, 2.24) is 0 Å². The first-order chi connectivity index (χ1) is 20.9. The molecule has 0 unspecified atom stereocenters. The molecule has 0 saturated carbocycles. The normalized spacial score (nSPS) is 14.0. The van der Waals surface area contributed by atoms with E-state index >= 15 is 0 Å². The molecule has 1 aliphatic rings. The van der Waals surface area contributed by atoms with Gasteiger partial charge in [-0.15, -0.1) is 10.2 Å². The number of hydrogen-bond donors (Lipinski definition) is 0. The van der Waals surface area contributed by atoms with Gasteiger partial charge in [0.15, 0.2) is 0 Å². The van der Waals surface area contributed by atoms with Crippen LogP contribution in [0.5, 0.6) is 0 Å². The zero-order chi connectivity index (χ0) is 30.6. The van der Waals surface area contributed by atoms with Crippen LogP contribution < -0.4 is 39.9 Å². The Morgan fingerprint density at radius 3 is 0.818 bits per heavy atom. The molecule has 8 heteroatoms. The maximum Gasteiger partial charge on any atom is 0 e. The number of unbranched alkanes of at least 4 members (excludes halogenated alkanes) is 1. The maximum atomic E-state index is 8.49. The molecule has 0 bridgehead atoms. The van der Waals surface area contributed by atoms with Gasteiger partial charge in [-0.05, 0) is 87.9 Å². The van der Waals surface area contributed by atoms with E-state index in [0.717, 1.165) is 0 Å². The predicted octanol–water partition coefficient (Wildman–Crippen LogP) is 3.95. The van der Waals surface area contributed by atoms with Crippen molar-refractivity contribution in [1.29, 1.82) is 0 Å². The molecule has 0 heterocycles. The van der Waals surface area contributed by atoms with Gasteiger partial charge in [-0.25, -0.2) is 18.6 Å².